The molecule has 0 saturated carbocycles. The average Bonchev–Trinajstić information content (AvgIpc) is 2.53. The third kappa shape index (κ3) is 3.61. The van der Waals surface area contributed by atoms with E-state index >= 15 is 0 Å². The van der Waals surface area contributed by atoms with Gasteiger partial charge in [-0.15, -0.1) is 0 Å². The lowest BCUT2D eigenvalue weighted by Crippen LogP contribution is -2.50. The summed E-state index contributed by atoms with van der Waals surface area (Å²) in [5, 5.41) is 0. The summed E-state index contributed by atoms with van der Waals surface area (Å²) >= 11 is 0. The van der Waals surface area contributed by atoms with Crippen molar-refractivity contribution in [1.82, 2.24) is 0 Å². The van der Waals surface area contributed by atoms with Crippen molar-refractivity contribution in [2.24, 2.45) is 5.73 Å². The highest BCUT2D eigenvalue weighted by atomic mass is 16.5. The van der Waals surface area contributed by atoms with Crippen molar-refractivity contribution < 1.29 is 14.3 Å². The van der Waals surface area contributed by atoms with Crippen LogP contribution in [0.3, 0.4) is 0 Å². The minimum atomic E-state index is -1.18. The van der Waals surface area contributed by atoms with Crippen LogP contribution in [0.2, 0.25) is 0 Å². The molecule has 110 valence electrons. The van der Waals surface area contributed by atoms with Crippen LogP contribution >= 0.6 is 0 Å². The van der Waals surface area contributed by atoms with Gasteiger partial charge in [-0.05, 0) is 18.6 Å². The molecule has 0 heterocycles. The van der Waals surface area contributed by atoms with E-state index in [2.05, 4.69) is 4.74 Å². The van der Waals surface area contributed by atoms with E-state index in [0.29, 0.717) is 5.75 Å². The molecule has 2 N–H and O–H groups in total. The number of hydrogen-bond acceptors (Lipinski definition) is 4. The summed E-state index contributed by atoms with van der Waals surface area (Å²) in [7, 11) is 1.31. The third-order valence-electron chi connectivity index (χ3n) is 3.15. The van der Waals surface area contributed by atoms with Crippen LogP contribution in [-0.2, 0) is 9.53 Å². The largest absolute Gasteiger partial charge is 0.490 e. The standard InChI is InChI=1S/C17H19NO3/c1-17(18,16(19)20-2)12-21-15-11-7-6-10-14(15)13-8-4-3-5-9-13/h3-11H,12,18H2,1-2H3. The highest BCUT2D eigenvalue weighted by molar-refractivity contribution is 5.80. The third-order valence-corrected chi connectivity index (χ3v) is 3.15. The van der Waals surface area contributed by atoms with Crippen LogP contribution in [0.25, 0.3) is 11.1 Å². The van der Waals surface area contributed by atoms with Crippen molar-refractivity contribution in [3.63, 3.8) is 0 Å². The maximum absolute atomic E-state index is 11.6. The SMILES string of the molecule is COC(=O)C(C)(N)COc1ccccc1-c1ccccc1. The van der Waals surface area contributed by atoms with Gasteiger partial charge in [0.2, 0.25) is 0 Å². The Hall–Kier alpha value is -2.33. The molecule has 0 aliphatic heterocycles. The number of carbonyl (C=O) groups is 1. The lowest BCUT2D eigenvalue weighted by atomic mass is 10.0. The molecule has 1 atom stereocenters. The predicted octanol–water partition coefficient (Wildman–Crippen LogP) is 2.62. The zero-order chi connectivity index (χ0) is 15.3. The molecule has 0 radical (unpaired) electrons. The molecular formula is C17H19NO3. The highest BCUT2D eigenvalue weighted by Crippen LogP contribution is 2.29. The second kappa shape index (κ2) is 6.41. The summed E-state index contributed by atoms with van der Waals surface area (Å²) in [6.07, 6.45) is 0. The van der Waals surface area contributed by atoms with Crippen LogP contribution in [0.15, 0.2) is 54.6 Å². The highest BCUT2D eigenvalue weighted by Gasteiger charge is 2.30. The monoisotopic (exact) mass is 285 g/mol. The van der Waals surface area contributed by atoms with Crippen molar-refractivity contribution in [2.45, 2.75) is 12.5 Å². The van der Waals surface area contributed by atoms with Gasteiger partial charge in [-0.3, -0.25) is 0 Å². The van der Waals surface area contributed by atoms with Gasteiger partial charge in [-0.25, -0.2) is 4.79 Å². The fourth-order valence-electron chi connectivity index (χ4n) is 1.97. The van der Waals surface area contributed by atoms with E-state index < -0.39 is 11.5 Å². The molecule has 2 aromatic carbocycles. The average molecular weight is 285 g/mol. The molecule has 2 aromatic rings. The Morgan fingerprint density at radius 2 is 1.71 bits per heavy atom. The van der Waals surface area contributed by atoms with Crippen LogP contribution in [0, 0.1) is 0 Å². The van der Waals surface area contributed by atoms with Crippen LogP contribution in [-0.4, -0.2) is 25.2 Å². The number of carbonyl (C=O) groups excluding carboxylic acids is 1. The van der Waals surface area contributed by atoms with Gasteiger partial charge in [0.1, 0.15) is 17.9 Å². The van der Waals surface area contributed by atoms with E-state index in [1.165, 1.54) is 7.11 Å². The zero-order valence-corrected chi connectivity index (χ0v) is 12.2. The van der Waals surface area contributed by atoms with E-state index in [1.54, 1.807) is 6.92 Å². The molecule has 0 aliphatic carbocycles. The molecule has 0 aliphatic rings. The first-order valence-electron chi connectivity index (χ1n) is 6.69. The first kappa shape index (κ1) is 15.1. The summed E-state index contributed by atoms with van der Waals surface area (Å²) in [5.41, 5.74) is 6.73. The van der Waals surface area contributed by atoms with Gasteiger partial charge in [-0.2, -0.15) is 0 Å². The Morgan fingerprint density at radius 3 is 2.38 bits per heavy atom. The number of ether oxygens (including phenoxy) is 2. The molecule has 0 amide bonds. The van der Waals surface area contributed by atoms with Gasteiger partial charge in [0.15, 0.2) is 0 Å². The Bertz CT molecular complexity index is 608. The Labute approximate surface area is 124 Å². The molecular weight excluding hydrogens is 266 g/mol. The molecule has 0 spiro atoms. The Balaban J connectivity index is 2.20. The normalized spacial score (nSPS) is 13.3. The lowest BCUT2D eigenvalue weighted by Gasteiger charge is -2.22. The Morgan fingerprint density at radius 1 is 1.10 bits per heavy atom. The second-order valence-electron chi connectivity index (χ2n) is 5.06. The quantitative estimate of drug-likeness (QED) is 0.858. The number of hydrogen-bond donors (Lipinski definition) is 1. The van der Waals surface area contributed by atoms with Crippen molar-refractivity contribution in [3.05, 3.63) is 54.6 Å². The molecule has 4 heteroatoms. The minimum Gasteiger partial charge on any atom is -0.490 e. The molecule has 0 fully saturated rings. The van der Waals surface area contributed by atoms with Crippen LogP contribution in [0.5, 0.6) is 5.75 Å². The molecule has 2 rings (SSSR count). The molecule has 0 saturated heterocycles. The number of benzene rings is 2. The number of para-hydroxylation sites is 1. The van der Waals surface area contributed by atoms with Crippen molar-refractivity contribution in [1.29, 1.82) is 0 Å². The minimum absolute atomic E-state index is 0.0452. The van der Waals surface area contributed by atoms with Gasteiger partial charge < -0.3 is 15.2 Å². The van der Waals surface area contributed by atoms with Crippen LogP contribution in [0.1, 0.15) is 6.92 Å². The summed E-state index contributed by atoms with van der Waals surface area (Å²) in [4.78, 5) is 11.6. The van der Waals surface area contributed by atoms with E-state index in [9.17, 15) is 4.79 Å². The van der Waals surface area contributed by atoms with E-state index in [1.807, 2.05) is 54.6 Å². The van der Waals surface area contributed by atoms with Crippen LogP contribution < -0.4 is 10.5 Å². The maximum Gasteiger partial charge on any atom is 0.329 e. The summed E-state index contributed by atoms with van der Waals surface area (Å²) < 4.78 is 10.4. The molecule has 0 bridgehead atoms. The molecule has 4 nitrogen and oxygen atoms in total. The fraction of sp³-hybridized carbons (Fsp3) is 0.235. The van der Waals surface area contributed by atoms with Gasteiger partial charge in [-0.1, -0.05) is 48.5 Å². The number of nitrogens with two attached hydrogens (primary N) is 1. The number of esters is 1. The zero-order valence-electron chi connectivity index (χ0n) is 12.2. The topological polar surface area (TPSA) is 61.5 Å². The second-order valence-corrected chi connectivity index (χ2v) is 5.06. The smallest absolute Gasteiger partial charge is 0.329 e. The summed E-state index contributed by atoms with van der Waals surface area (Å²) in [6.45, 7) is 1.63. The molecule has 1 unspecified atom stereocenters. The number of rotatable bonds is 5. The first-order valence-corrected chi connectivity index (χ1v) is 6.69. The fourth-order valence-corrected chi connectivity index (χ4v) is 1.97. The van der Waals surface area contributed by atoms with Crippen molar-refractivity contribution >= 4 is 5.97 Å². The van der Waals surface area contributed by atoms with E-state index in [-0.39, 0.29) is 6.61 Å². The lowest BCUT2D eigenvalue weighted by molar-refractivity contribution is -0.147. The summed E-state index contributed by atoms with van der Waals surface area (Å²) in [5.74, 6) is 0.184. The van der Waals surface area contributed by atoms with Gasteiger partial charge in [0, 0.05) is 5.56 Å². The van der Waals surface area contributed by atoms with Gasteiger partial charge in [0.05, 0.1) is 7.11 Å². The van der Waals surface area contributed by atoms with Crippen molar-refractivity contribution in [2.75, 3.05) is 13.7 Å². The van der Waals surface area contributed by atoms with Crippen molar-refractivity contribution in [3.8, 4) is 16.9 Å². The summed E-state index contributed by atoms with van der Waals surface area (Å²) in [6, 6.07) is 17.5. The van der Waals surface area contributed by atoms with E-state index in [0.717, 1.165) is 11.1 Å². The predicted molar refractivity (Wildman–Crippen MR) is 82.0 cm³/mol. The van der Waals surface area contributed by atoms with Gasteiger partial charge >= 0.3 is 5.97 Å². The molecule has 0 aromatic heterocycles. The van der Waals surface area contributed by atoms with Gasteiger partial charge in [0.25, 0.3) is 0 Å². The Kier molecular flexibility index (Phi) is 4.60. The number of methoxy groups -OCH3 is 1. The van der Waals surface area contributed by atoms with E-state index in [4.69, 9.17) is 10.5 Å². The molecule has 21 heavy (non-hydrogen) atoms. The maximum atomic E-state index is 11.6. The first-order chi connectivity index (χ1) is 10.0. The van der Waals surface area contributed by atoms with Crippen LogP contribution in [0.4, 0.5) is 0 Å².